The number of rotatable bonds is 20. The van der Waals surface area contributed by atoms with Crippen LogP contribution in [0.1, 0.15) is 47.0 Å². The lowest BCUT2D eigenvalue weighted by molar-refractivity contribution is -0.143. The van der Waals surface area contributed by atoms with Gasteiger partial charge in [0, 0.05) is 87.4 Å². The number of thiocarbonyl (C=S) groups is 1. The first-order valence-electron chi connectivity index (χ1n) is 12.2. The van der Waals surface area contributed by atoms with Crippen molar-refractivity contribution in [3.8, 4) is 0 Å². The molecule has 0 aromatic heterocycles. The second-order valence-electron chi connectivity index (χ2n) is 6.98. The third kappa shape index (κ3) is 20.8. The van der Waals surface area contributed by atoms with E-state index in [1.165, 1.54) is 21.3 Å². The molecule has 0 heterocycles. The highest BCUT2D eigenvalue weighted by Crippen LogP contribution is 2.18. The number of esters is 1. The Morgan fingerprint density at radius 2 is 1.16 bits per heavy atom. The molecular weight excluding hydrogens is 593 g/mol. The zero-order valence-corrected chi connectivity index (χ0v) is 29.4. The van der Waals surface area contributed by atoms with Crippen LogP contribution in [0, 0.1) is 0 Å². The number of hydrogen-bond donors (Lipinski definition) is 2. The standard InChI is InChI=1S/C9H20O5Si.C9H20O4SSi.C3H10O3SSi/c1-5-9(10)14-7-6-8-15(11-2,12-3)13-4;1-4-11-15(12-5-2,13-6-3)8-7-9(10)14;1-4-8(7,5-2)6-3/h5-8H2,1-4H3;4-8H2,1-3H3,(H,10,14);7H,1-3H3. The van der Waals surface area contributed by atoms with Gasteiger partial charge >= 0.3 is 31.5 Å². The maximum Gasteiger partial charge on any atom is 0.569 e. The minimum Gasteiger partial charge on any atom is -0.502 e. The van der Waals surface area contributed by atoms with E-state index in [0.717, 1.165) is 0 Å². The fourth-order valence-electron chi connectivity index (χ4n) is 2.64. The third-order valence-electron chi connectivity index (χ3n) is 4.62. The van der Waals surface area contributed by atoms with Crippen LogP contribution in [0.2, 0.25) is 12.1 Å². The molecule has 12 nitrogen and oxygen atoms in total. The van der Waals surface area contributed by atoms with E-state index in [1.54, 1.807) is 28.3 Å². The van der Waals surface area contributed by atoms with Gasteiger partial charge in [-0.15, -0.1) is 12.1 Å². The summed E-state index contributed by atoms with van der Waals surface area (Å²) in [5, 5.41) is 8.99. The van der Waals surface area contributed by atoms with E-state index in [0.29, 0.717) is 57.8 Å². The zero-order chi connectivity index (χ0) is 30.1. The van der Waals surface area contributed by atoms with Crippen LogP contribution in [-0.2, 0) is 49.4 Å². The highest BCUT2D eigenvalue weighted by molar-refractivity contribution is 8.11. The van der Waals surface area contributed by atoms with E-state index in [2.05, 4.69) is 24.3 Å². The summed E-state index contributed by atoms with van der Waals surface area (Å²) in [6, 6.07) is 1.19. The molecular formula is C21H50O12S2Si3. The Balaban J connectivity index is -0.000000508. The van der Waals surface area contributed by atoms with Gasteiger partial charge in [0.05, 0.1) is 6.61 Å². The summed E-state index contributed by atoms with van der Waals surface area (Å²) in [5.41, 5.74) is 0. The topological polar surface area (TPSA) is 130 Å². The third-order valence-corrected chi connectivity index (χ3v) is 13.9. The summed E-state index contributed by atoms with van der Waals surface area (Å²) >= 11 is 8.62. The SMILES string of the molecule is CCC(=O)OCCC[Si](OC)(OC)OC.CCO[Si](CCC(O)=S)(OCC)OCC.CO[Si](S)(OC)OC. The van der Waals surface area contributed by atoms with Crippen molar-refractivity contribution >= 4 is 60.9 Å². The van der Waals surface area contributed by atoms with Crippen molar-refractivity contribution in [1.29, 1.82) is 0 Å². The van der Waals surface area contributed by atoms with Gasteiger partial charge in [-0.05, 0) is 39.4 Å². The molecule has 0 bridgehead atoms. The lowest BCUT2D eigenvalue weighted by Crippen LogP contribution is -2.46. The van der Waals surface area contributed by atoms with Gasteiger partial charge in [-0.3, -0.25) is 4.79 Å². The van der Waals surface area contributed by atoms with Crippen LogP contribution in [0.5, 0.6) is 0 Å². The summed E-state index contributed by atoms with van der Waals surface area (Å²) in [5.74, 6) is -0.186. The average molecular weight is 643 g/mol. The molecule has 17 heteroatoms. The summed E-state index contributed by atoms with van der Waals surface area (Å²) in [6.45, 7) is 9.49. The van der Waals surface area contributed by atoms with Gasteiger partial charge in [-0.1, -0.05) is 6.92 Å². The largest absolute Gasteiger partial charge is 0.569 e. The molecule has 0 aromatic carbocycles. The molecule has 230 valence electrons. The van der Waals surface area contributed by atoms with Gasteiger partial charge in [0.25, 0.3) is 0 Å². The number of thiol groups is 1. The Kier molecular flexibility index (Phi) is 29.0. The van der Waals surface area contributed by atoms with Crippen molar-refractivity contribution in [1.82, 2.24) is 0 Å². The molecule has 0 radical (unpaired) electrons. The Hall–Kier alpha value is 0.000649. The van der Waals surface area contributed by atoms with E-state index < -0.39 is 25.6 Å². The highest BCUT2D eigenvalue weighted by atomic mass is 32.3. The Labute approximate surface area is 243 Å². The van der Waals surface area contributed by atoms with Crippen LogP contribution in [-0.4, -0.2) is 111 Å². The maximum atomic E-state index is 10.8. The number of ether oxygens (including phenoxy) is 1. The van der Waals surface area contributed by atoms with Crippen molar-refractivity contribution in [3.63, 3.8) is 0 Å². The van der Waals surface area contributed by atoms with Crippen molar-refractivity contribution in [2.24, 2.45) is 0 Å². The van der Waals surface area contributed by atoms with E-state index in [4.69, 9.17) is 49.7 Å². The number of hydrogen-bond acceptors (Lipinski definition) is 13. The van der Waals surface area contributed by atoms with Crippen LogP contribution in [0.25, 0.3) is 0 Å². The Morgan fingerprint density at radius 3 is 1.42 bits per heavy atom. The second kappa shape index (κ2) is 25.9. The summed E-state index contributed by atoms with van der Waals surface area (Å²) in [6.07, 6.45) is 1.48. The van der Waals surface area contributed by atoms with Crippen molar-refractivity contribution in [3.05, 3.63) is 0 Å². The number of carbonyl (C=O) groups excluding carboxylic acids is 1. The fourth-order valence-corrected chi connectivity index (χ4v) is 7.66. The molecule has 1 N–H and O–H groups in total. The molecule has 0 saturated carbocycles. The van der Waals surface area contributed by atoms with Gasteiger partial charge < -0.3 is 49.7 Å². The molecule has 0 saturated heterocycles. The molecule has 0 aromatic rings. The predicted octanol–water partition coefficient (Wildman–Crippen LogP) is 3.81. The van der Waals surface area contributed by atoms with Crippen molar-refractivity contribution in [2.45, 2.75) is 59.0 Å². The predicted molar refractivity (Wildman–Crippen MR) is 159 cm³/mol. The molecule has 0 unspecified atom stereocenters. The summed E-state index contributed by atoms with van der Waals surface area (Å²) < 4.78 is 51.7. The lowest BCUT2D eigenvalue weighted by atomic mass is 10.5. The van der Waals surface area contributed by atoms with Gasteiger partial charge in [-0.2, -0.15) is 0 Å². The number of aliphatic hydroxyl groups is 1. The summed E-state index contributed by atoms with van der Waals surface area (Å²) in [7, 11) is 1.65. The van der Waals surface area contributed by atoms with Crippen LogP contribution in [0.3, 0.4) is 0 Å². The minimum atomic E-state index is -2.61. The zero-order valence-electron chi connectivity index (χ0n) is 24.7. The maximum absolute atomic E-state index is 10.8. The van der Waals surface area contributed by atoms with Crippen molar-refractivity contribution < 1.29 is 54.5 Å². The highest BCUT2D eigenvalue weighted by Gasteiger charge is 2.40. The first-order chi connectivity index (χ1) is 17.9. The van der Waals surface area contributed by atoms with Gasteiger partial charge in [0.15, 0.2) is 5.05 Å². The van der Waals surface area contributed by atoms with Gasteiger partial charge in [0.1, 0.15) is 0 Å². The number of aliphatic hydroxyl groups excluding tert-OH is 1. The molecule has 0 rings (SSSR count). The molecule has 38 heavy (non-hydrogen) atoms. The Bertz CT molecular complexity index is 552. The van der Waals surface area contributed by atoms with E-state index in [1.807, 2.05) is 20.8 Å². The normalized spacial score (nSPS) is 11.7. The lowest BCUT2D eigenvalue weighted by Gasteiger charge is -2.28. The second-order valence-corrected chi connectivity index (χ2v) is 17.2. The minimum absolute atomic E-state index is 0.0222. The van der Waals surface area contributed by atoms with Crippen LogP contribution >= 0.6 is 24.3 Å². The van der Waals surface area contributed by atoms with Crippen LogP contribution in [0.4, 0.5) is 0 Å². The smallest absolute Gasteiger partial charge is 0.502 e. The molecule has 0 aliphatic heterocycles. The van der Waals surface area contributed by atoms with E-state index >= 15 is 0 Å². The molecule has 0 spiro atoms. The van der Waals surface area contributed by atoms with Crippen LogP contribution in [0.15, 0.2) is 0 Å². The average Bonchev–Trinajstić information content (AvgIpc) is 2.93. The quantitative estimate of drug-likeness (QED) is 0.0657. The van der Waals surface area contributed by atoms with E-state index in [-0.39, 0.29) is 11.0 Å². The molecule has 0 amide bonds. The molecule has 0 aliphatic carbocycles. The van der Waals surface area contributed by atoms with Crippen molar-refractivity contribution in [2.75, 3.05) is 69.1 Å². The molecule has 0 aliphatic rings. The van der Waals surface area contributed by atoms with Gasteiger partial charge in [-0.25, -0.2) is 0 Å². The Morgan fingerprint density at radius 1 is 0.737 bits per heavy atom. The van der Waals surface area contributed by atoms with E-state index in [9.17, 15) is 4.79 Å². The number of carbonyl (C=O) groups is 1. The van der Waals surface area contributed by atoms with Crippen LogP contribution < -0.4 is 0 Å². The first-order valence-corrected chi connectivity index (χ1v) is 19.5. The molecule has 0 atom stereocenters. The monoisotopic (exact) mass is 642 g/mol. The molecule has 0 fully saturated rings. The first kappa shape index (κ1) is 42.5. The fraction of sp³-hybridized carbons (Fsp3) is 0.905. The van der Waals surface area contributed by atoms with Gasteiger partial charge in [0.2, 0.25) is 0 Å². The summed E-state index contributed by atoms with van der Waals surface area (Å²) in [4.78, 5) is 10.8.